The van der Waals surface area contributed by atoms with Gasteiger partial charge in [-0.1, -0.05) is 30.3 Å². The molecule has 1 aromatic rings. The fraction of sp³-hybridized carbons (Fsp3) is 0.632. The van der Waals surface area contributed by atoms with Gasteiger partial charge in [-0.05, 0) is 57.3 Å². The summed E-state index contributed by atoms with van der Waals surface area (Å²) >= 11 is 0. The highest BCUT2D eigenvalue weighted by atomic mass is 35.5. The van der Waals surface area contributed by atoms with Crippen molar-refractivity contribution < 1.29 is 4.79 Å². The minimum Gasteiger partial charge on any atom is -0.341 e. The molecule has 4 nitrogen and oxygen atoms in total. The van der Waals surface area contributed by atoms with Crippen LogP contribution in [0.25, 0.3) is 0 Å². The zero-order valence-corrected chi connectivity index (χ0v) is 16.7. The van der Waals surface area contributed by atoms with E-state index < -0.39 is 0 Å². The highest BCUT2D eigenvalue weighted by molar-refractivity contribution is 5.85. The van der Waals surface area contributed by atoms with E-state index in [2.05, 4.69) is 39.4 Å². The molecule has 0 aliphatic carbocycles. The summed E-state index contributed by atoms with van der Waals surface area (Å²) in [5.74, 6) is 0.973. The first kappa shape index (κ1) is 22.2. The molecule has 2 aliphatic rings. The smallest absolute Gasteiger partial charge is 0.239 e. The van der Waals surface area contributed by atoms with Crippen molar-refractivity contribution >= 4 is 30.7 Å². The maximum absolute atomic E-state index is 13.0. The van der Waals surface area contributed by atoms with Crippen LogP contribution in [0, 0.1) is 5.92 Å². The number of hydrogen-bond donors (Lipinski definition) is 1. The Balaban J connectivity index is 0.00000156. The molecule has 0 spiro atoms. The molecule has 0 bridgehead atoms. The van der Waals surface area contributed by atoms with Crippen molar-refractivity contribution in [3.63, 3.8) is 0 Å². The first-order valence-corrected chi connectivity index (χ1v) is 8.99. The Kier molecular flexibility index (Phi) is 9.80. The number of likely N-dealkylation sites (tertiary alicyclic amines) is 2. The van der Waals surface area contributed by atoms with Crippen LogP contribution in [0.1, 0.15) is 31.2 Å². The van der Waals surface area contributed by atoms with Crippen LogP contribution in [-0.4, -0.2) is 55.0 Å². The second-order valence-electron chi connectivity index (χ2n) is 6.96. The highest BCUT2D eigenvalue weighted by Gasteiger charge is 2.35. The van der Waals surface area contributed by atoms with E-state index >= 15 is 0 Å². The van der Waals surface area contributed by atoms with Gasteiger partial charge in [-0.15, -0.1) is 24.8 Å². The number of nitrogens with zero attached hydrogens (tertiary/aromatic N) is 2. The SMILES string of the molecule is CNCC1CCCN(C(=O)C2CCCN2Cc2ccccc2)C1.Cl.Cl. The maximum Gasteiger partial charge on any atom is 0.239 e. The molecule has 2 saturated heterocycles. The Morgan fingerprint density at radius 1 is 1.12 bits per heavy atom. The van der Waals surface area contributed by atoms with E-state index in [1.807, 2.05) is 13.1 Å². The zero-order valence-electron chi connectivity index (χ0n) is 15.0. The Morgan fingerprint density at radius 3 is 2.56 bits per heavy atom. The van der Waals surface area contributed by atoms with Crippen LogP contribution < -0.4 is 5.32 Å². The van der Waals surface area contributed by atoms with Crippen molar-refractivity contribution in [1.29, 1.82) is 0 Å². The molecular weight excluding hydrogens is 357 g/mol. The van der Waals surface area contributed by atoms with E-state index in [9.17, 15) is 4.79 Å². The predicted molar refractivity (Wildman–Crippen MR) is 108 cm³/mol. The van der Waals surface area contributed by atoms with E-state index in [4.69, 9.17) is 0 Å². The first-order chi connectivity index (χ1) is 11.3. The summed E-state index contributed by atoms with van der Waals surface area (Å²) in [7, 11) is 2.00. The molecule has 0 aromatic heterocycles. The molecule has 1 amide bonds. The van der Waals surface area contributed by atoms with Gasteiger partial charge in [0.25, 0.3) is 0 Å². The number of amides is 1. The fourth-order valence-corrected chi connectivity index (χ4v) is 4.04. The van der Waals surface area contributed by atoms with Gasteiger partial charge < -0.3 is 10.2 Å². The number of carbonyl (C=O) groups is 1. The van der Waals surface area contributed by atoms with Crippen LogP contribution in [0.3, 0.4) is 0 Å². The second-order valence-corrected chi connectivity index (χ2v) is 6.96. The lowest BCUT2D eigenvalue weighted by Crippen LogP contribution is -2.50. The Bertz CT molecular complexity index is 513. The molecule has 2 fully saturated rings. The van der Waals surface area contributed by atoms with Gasteiger partial charge in [0.15, 0.2) is 0 Å². The number of benzene rings is 1. The lowest BCUT2D eigenvalue weighted by atomic mass is 9.97. The predicted octanol–water partition coefficient (Wildman–Crippen LogP) is 2.95. The summed E-state index contributed by atoms with van der Waals surface area (Å²) in [5.41, 5.74) is 1.30. The quantitative estimate of drug-likeness (QED) is 0.843. The lowest BCUT2D eigenvalue weighted by Gasteiger charge is -2.36. The van der Waals surface area contributed by atoms with Gasteiger partial charge in [-0.2, -0.15) is 0 Å². The summed E-state index contributed by atoms with van der Waals surface area (Å²) in [4.78, 5) is 17.5. The third-order valence-corrected chi connectivity index (χ3v) is 5.20. The number of hydrogen-bond acceptors (Lipinski definition) is 3. The molecule has 25 heavy (non-hydrogen) atoms. The molecule has 142 valence electrons. The lowest BCUT2D eigenvalue weighted by molar-refractivity contribution is -0.138. The van der Waals surface area contributed by atoms with Crippen LogP contribution in [0.4, 0.5) is 0 Å². The summed E-state index contributed by atoms with van der Waals surface area (Å²) in [6.45, 7) is 4.82. The molecule has 2 heterocycles. The number of halogens is 2. The average molecular weight is 388 g/mol. The second kappa shape index (κ2) is 11.0. The Hall–Kier alpha value is -0.810. The van der Waals surface area contributed by atoms with Gasteiger partial charge in [0.2, 0.25) is 5.91 Å². The summed E-state index contributed by atoms with van der Waals surface area (Å²) in [6.07, 6.45) is 4.53. The molecule has 6 heteroatoms. The summed E-state index contributed by atoms with van der Waals surface area (Å²) in [5, 5.41) is 3.26. The highest BCUT2D eigenvalue weighted by Crippen LogP contribution is 2.24. The molecular formula is C19H31Cl2N3O. The molecule has 2 unspecified atom stereocenters. The van der Waals surface area contributed by atoms with E-state index in [0.29, 0.717) is 11.8 Å². The van der Waals surface area contributed by atoms with Gasteiger partial charge >= 0.3 is 0 Å². The van der Waals surface area contributed by atoms with Gasteiger partial charge in [-0.3, -0.25) is 9.69 Å². The summed E-state index contributed by atoms with van der Waals surface area (Å²) < 4.78 is 0. The summed E-state index contributed by atoms with van der Waals surface area (Å²) in [6, 6.07) is 10.6. The van der Waals surface area contributed by atoms with Crippen molar-refractivity contribution in [2.75, 3.05) is 33.2 Å². The van der Waals surface area contributed by atoms with Crippen LogP contribution >= 0.6 is 24.8 Å². The van der Waals surface area contributed by atoms with Crippen LogP contribution in [0.5, 0.6) is 0 Å². The van der Waals surface area contributed by atoms with Crippen molar-refractivity contribution in [3.8, 4) is 0 Å². The van der Waals surface area contributed by atoms with Crippen molar-refractivity contribution in [3.05, 3.63) is 35.9 Å². The fourth-order valence-electron chi connectivity index (χ4n) is 4.04. The number of carbonyl (C=O) groups excluding carboxylic acids is 1. The van der Waals surface area contributed by atoms with Gasteiger partial charge in [0, 0.05) is 19.6 Å². The maximum atomic E-state index is 13.0. The van der Waals surface area contributed by atoms with Crippen molar-refractivity contribution in [2.45, 2.75) is 38.3 Å². The van der Waals surface area contributed by atoms with Crippen molar-refractivity contribution in [1.82, 2.24) is 15.1 Å². The van der Waals surface area contributed by atoms with Crippen LogP contribution in [0.15, 0.2) is 30.3 Å². The largest absolute Gasteiger partial charge is 0.341 e. The zero-order chi connectivity index (χ0) is 16.1. The van der Waals surface area contributed by atoms with E-state index in [1.165, 1.54) is 12.0 Å². The van der Waals surface area contributed by atoms with Gasteiger partial charge in [-0.25, -0.2) is 0 Å². The molecule has 2 aliphatic heterocycles. The number of piperidine rings is 1. The Labute approximate surface area is 164 Å². The van der Waals surface area contributed by atoms with Crippen LogP contribution in [-0.2, 0) is 11.3 Å². The number of nitrogens with one attached hydrogen (secondary N) is 1. The molecule has 1 aromatic carbocycles. The van der Waals surface area contributed by atoms with Gasteiger partial charge in [0.1, 0.15) is 0 Å². The molecule has 2 atom stereocenters. The van der Waals surface area contributed by atoms with E-state index in [0.717, 1.165) is 52.0 Å². The topological polar surface area (TPSA) is 35.6 Å². The molecule has 3 rings (SSSR count). The molecule has 0 radical (unpaired) electrons. The van der Waals surface area contributed by atoms with E-state index in [1.54, 1.807) is 0 Å². The van der Waals surface area contributed by atoms with Crippen molar-refractivity contribution in [2.24, 2.45) is 5.92 Å². The third kappa shape index (κ3) is 5.85. The van der Waals surface area contributed by atoms with E-state index in [-0.39, 0.29) is 30.9 Å². The first-order valence-electron chi connectivity index (χ1n) is 8.99. The minimum absolute atomic E-state index is 0. The third-order valence-electron chi connectivity index (χ3n) is 5.20. The average Bonchev–Trinajstić information content (AvgIpc) is 3.04. The monoisotopic (exact) mass is 387 g/mol. The molecule has 0 saturated carbocycles. The standard InChI is InChI=1S/C19H29N3O.2ClH/c1-20-13-17-9-5-12-22(15-17)19(23)18-10-6-11-21(18)14-16-7-3-2-4-8-16;;/h2-4,7-8,17-18,20H,5-6,9-15H2,1H3;2*1H. The van der Waals surface area contributed by atoms with Crippen LogP contribution in [0.2, 0.25) is 0 Å². The Morgan fingerprint density at radius 2 is 1.84 bits per heavy atom. The number of rotatable bonds is 5. The normalized spacial score (nSPS) is 23.6. The molecule has 1 N–H and O–H groups in total. The van der Waals surface area contributed by atoms with Gasteiger partial charge in [0.05, 0.1) is 6.04 Å². The minimum atomic E-state index is 0.